The topological polar surface area (TPSA) is 85.2 Å². The highest BCUT2D eigenvalue weighted by molar-refractivity contribution is 5.45. The molecule has 0 bridgehead atoms. The van der Waals surface area contributed by atoms with Crippen LogP contribution in [-0.4, -0.2) is 16.6 Å². The Morgan fingerprint density at radius 3 is 2.85 bits per heavy atom. The normalized spacial score (nSPS) is 15.3. The van der Waals surface area contributed by atoms with E-state index in [4.69, 9.17) is 11.5 Å². The third-order valence-electron chi connectivity index (χ3n) is 2.12. The summed E-state index contributed by atoms with van der Waals surface area (Å²) >= 11 is 0. The minimum atomic E-state index is -0.626. The monoisotopic (exact) mass is 181 g/mol. The first-order valence-corrected chi connectivity index (χ1v) is 4.24. The van der Waals surface area contributed by atoms with E-state index in [1.807, 2.05) is 6.92 Å². The molecule has 4 nitrogen and oxygen atoms in total. The number of nitrogens with two attached hydrogens (primary N) is 2. The first kappa shape index (κ1) is 9.95. The van der Waals surface area contributed by atoms with Crippen LogP contribution < -0.4 is 11.5 Å². The van der Waals surface area contributed by atoms with Gasteiger partial charge >= 0.3 is 0 Å². The van der Waals surface area contributed by atoms with Crippen molar-refractivity contribution in [1.82, 2.24) is 4.98 Å². The number of nitrogen functional groups attached to an aromatic ring is 1. The van der Waals surface area contributed by atoms with Gasteiger partial charge in [-0.05, 0) is 18.5 Å². The lowest BCUT2D eigenvalue weighted by molar-refractivity contribution is 0.122. The molecule has 0 aromatic carbocycles. The van der Waals surface area contributed by atoms with E-state index < -0.39 is 6.10 Å². The van der Waals surface area contributed by atoms with Crippen LogP contribution in [0.3, 0.4) is 0 Å². The van der Waals surface area contributed by atoms with Crippen LogP contribution >= 0.6 is 0 Å². The molecule has 1 heterocycles. The summed E-state index contributed by atoms with van der Waals surface area (Å²) < 4.78 is 0. The Hall–Kier alpha value is -1.13. The van der Waals surface area contributed by atoms with Gasteiger partial charge in [-0.2, -0.15) is 0 Å². The maximum Gasteiger partial charge on any atom is 0.0862 e. The van der Waals surface area contributed by atoms with Gasteiger partial charge in [-0.15, -0.1) is 0 Å². The summed E-state index contributed by atoms with van der Waals surface area (Å²) in [7, 11) is 0. The van der Waals surface area contributed by atoms with E-state index in [-0.39, 0.29) is 5.92 Å². The van der Waals surface area contributed by atoms with Crippen molar-refractivity contribution in [2.24, 2.45) is 11.7 Å². The number of aromatic nitrogens is 1. The second-order valence-electron chi connectivity index (χ2n) is 3.16. The lowest BCUT2D eigenvalue weighted by Crippen LogP contribution is -2.19. The molecular weight excluding hydrogens is 166 g/mol. The molecule has 0 aliphatic carbocycles. The Labute approximate surface area is 77.6 Å². The van der Waals surface area contributed by atoms with Crippen LogP contribution in [0.2, 0.25) is 0 Å². The molecule has 5 N–H and O–H groups in total. The molecule has 1 aromatic rings. The zero-order valence-electron chi connectivity index (χ0n) is 7.64. The molecule has 1 aromatic heterocycles. The maximum atomic E-state index is 9.77. The van der Waals surface area contributed by atoms with Crippen molar-refractivity contribution >= 4 is 5.69 Å². The van der Waals surface area contributed by atoms with Gasteiger partial charge in [0.15, 0.2) is 0 Å². The van der Waals surface area contributed by atoms with E-state index in [0.717, 1.165) is 0 Å². The van der Waals surface area contributed by atoms with Crippen LogP contribution in [0.4, 0.5) is 5.69 Å². The van der Waals surface area contributed by atoms with Crippen LogP contribution in [0.15, 0.2) is 18.5 Å². The summed E-state index contributed by atoms with van der Waals surface area (Å²) in [6, 6.07) is 1.67. The predicted octanol–water partition coefficient (Wildman–Crippen LogP) is 0.292. The quantitative estimate of drug-likeness (QED) is 0.625. The predicted molar refractivity (Wildman–Crippen MR) is 51.8 cm³/mol. The average molecular weight is 181 g/mol. The van der Waals surface area contributed by atoms with Gasteiger partial charge in [-0.3, -0.25) is 4.98 Å². The molecule has 2 atom stereocenters. The van der Waals surface area contributed by atoms with E-state index in [9.17, 15) is 5.11 Å². The molecule has 13 heavy (non-hydrogen) atoms. The highest BCUT2D eigenvalue weighted by Gasteiger charge is 2.16. The number of pyridine rings is 1. The van der Waals surface area contributed by atoms with E-state index in [1.165, 1.54) is 0 Å². The van der Waals surface area contributed by atoms with Gasteiger partial charge in [0.1, 0.15) is 0 Å². The lowest BCUT2D eigenvalue weighted by Gasteiger charge is -2.18. The summed E-state index contributed by atoms with van der Waals surface area (Å²) in [6.07, 6.45) is 2.55. The van der Waals surface area contributed by atoms with Gasteiger partial charge in [0.05, 0.1) is 6.10 Å². The van der Waals surface area contributed by atoms with Crippen LogP contribution in [-0.2, 0) is 0 Å². The summed E-state index contributed by atoms with van der Waals surface area (Å²) in [5.41, 5.74) is 12.3. The zero-order chi connectivity index (χ0) is 9.84. The van der Waals surface area contributed by atoms with Crippen molar-refractivity contribution in [2.45, 2.75) is 13.0 Å². The van der Waals surface area contributed by atoms with Crippen molar-refractivity contribution in [3.05, 3.63) is 24.0 Å². The second kappa shape index (κ2) is 4.20. The number of anilines is 1. The number of nitrogens with zero attached hydrogens (tertiary/aromatic N) is 1. The molecule has 0 saturated carbocycles. The molecule has 0 saturated heterocycles. The molecule has 0 amide bonds. The maximum absolute atomic E-state index is 9.77. The Kier molecular flexibility index (Phi) is 3.22. The SMILES string of the molecule is CC(CN)C(O)c1cnccc1N. The molecule has 4 heteroatoms. The minimum Gasteiger partial charge on any atom is -0.398 e. The van der Waals surface area contributed by atoms with Crippen LogP contribution in [0.1, 0.15) is 18.6 Å². The Morgan fingerprint density at radius 2 is 2.31 bits per heavy atom. The first-order valence-electron chi connectivity index (χ1n) is 4.24. The standard InChI is InChI=1S/C9H15N3O/c1-6(4-10)9(13)7-5-12-3-2-8(7)11/h2-3,5-6,9,13H,4,10H2,1H3,(H2,11,12). The van der Waals surface area contributed by atoms with Gasteiger partial charge in [0, 0.05) is 23.6 Å². The molecule has 0 spiro atoms. The summed E-state index contributed by atoms with van der Waals surface area (Å²) in [4.78, 5) is 3.90. The van der Waals surface area contributed by atoms with Gasteiger partial charge in [-0.25, -0.2) is 0 Å². The molecular formula is C9H15N3O. The fraction of sp³-hybridized carbons (Fsp3) is 0.444. The van der Waals surface area contributed by atoms with E-state index in [2.05, 4.69) is 4.98 Å². The van der Waals surface area contributed by atoms with E-state index in [0.29, 0.717) is 17.8 Å². The zero-order valence-corrected chi connectivity index (χ0v) is 7.64. The second-order valence-corrected chi connectivity index (χ2v) is 3.16. The third-order valence-corrected chi connectivity index (χ3v) is 2.12. The van der Waals surface area contributed by atoms with Gasteiger partial charge in [0.25, 0.3) is 0 Å². The lowest BCUT2D eigenvalue weighted by atomic mass is 9.98. The van der Waals surface area contributed by atoms with Crippen LogP contribution in [0.5, 0.6) is 0 Å². The smallest absolute Gasteiger partial charge is 0.0862 e. The van der Waals surface area contributed by atoms with Gasteiger partial charge < -0.3 is 16.6 Å². The van der Waals surface area contributed by atoms with Crippen molar-refractivity contribution < 1.29 is 5.11 Å². The van der Waals surface area contributed by atoms with Crippen molar-refractivity contribution in [2.75, 3.05) is 12.3 Å². The highest BCUT2D eigenvalue weighted by Crippen LogP contribution is 2.24. The number of hydrogen-bond acceptors (Lipinski definition) is 4. The molecule has 0 radical (unpaired) electrons. The molecule has 1 rings (SSSR count). The fourth-order valence-corrected chi connectivity index (χ4v) is 1.10. The summed E-state index contributed by atoms with van der Waals surface area (Å²) in [5.74, 6) is -0.00787. The van der Waals surface area contributed by atoms with Crippen molar-refractivity contribution in [3.8, 4) is 0 Å². The Bertz CT molecular complexity index is 277. The van der Waals surface area contributed by atoms with Crippen LogP contribution in [0, 0.1) is 5.92 Å². The van der Waals surface area contributed by atoms with E-state index >= 15 is 0 Å². The number of hydrogen-bond donors (Lipinski definition) is 3. The highest BCUT2D eigenvalue weighted by atomic mass is 16.3. The number of aliphatic hydroxyl groups is 1. The van der Waals surface area contributed by atoms with Crippen molar-refractivity contribution in [1.29, 1.82) is 0 Å². The molecule has 0 aliphatic heterocycles. The number of rotatable bonds is 3. The first-order chi connectivity index (χ1) is 6.16. The Morgan fingerprint density at radius 1 is 1.62 bits per heavy atom. The average Bonchev–Trinajstić information content (AvgIpc) is 2.16. The van der Waals surface area contributed by atoms with Gasteiger partial charge in [-0.1, -0.05) is 6.92 Å². The molecule has 2 unspecified atom stereocenters. The largest absolute Gasteiger partial charge is 0.398 e. The number of aliphatic hydroxyl groups excluding tert-OH is 1. The third kappa shape index (κ3) is 2.17. The fourth-order valence-electron chi connectivity index (χ4n) is 1.10. The Balaban J connectivity index is 2.88. The summed E-state index contributed by atoms with van der Waals surface area (Å²) in [5, 5.41) is 9.77. The minimum absolute atomic E-state index is 0.00787. The van der Waals surface area contributed by atoms with Crippen molar-refractivity contribution in [3.63, 3.8) is 0 Å². The summed E-state index contributed by atoms with van der Waals surface area (Å²) in [6.45, 7) is 2.30. The van der Waals surface area contributed by atoms with Crippen LogP contribution in [0.25, 0.3) is 0 Å². The molecule has 0 fully saturated rings. The van der Waals surface area contributed by atoms with E-state index in [1.54, 1.807) is 18.5 Å². The molecule has 72 valence electrons. The molecule has 0 aliphatic rings. The van der Waals surface area contributed by atoms with Gasteiger partial charge in [0.2, 0.25) is 0 Å².